The molecule has 1 aromatic rings. The molecule has 0 radical (unpaired) electrons. The summed E-state index contributed by atoms with van der Waals surface area (Å²) in [6.45, 7) is 1.97. The number of esters is 1. The van der Waals surface area contributed by atoms with Gasteiger partial charge in [-0.25, -0.2) is 9.37 Å². The van der Waals surface area contributed by atoms with Crippen molar-refractivity contribution < 1.29 is 18.3 Å². The molecule has 84 valence electrons. The van der Waals surface area contributed by atoms with Gasteiger partial charge in [-0.05, 0) is 13.0 Å². The van der Waals surface area contributed by atoms with E-state index in [1.807, 2.05) is 0 Å². The van der Waals surface area contributed by atoms with Crippen molar-refractivity contribution in [1.29, 1.82) is 0 Å². The van der Waals surface area contributed by atoms with E-state index in [1.54, 1.807) is 6.92 Å². The Hall–Kier alpha value is -1.96. The summed E-state index contributed by atoms with van der Waals surface area (Å²) in [7, 11) is 0. The van der Waals surface area contributed by atoms with Crippen molar-refractivity contribution in [1.82, 2.24) is 4.98 Å². The molecule has 0 atom stereocenters. The van der Waals surface area contributed by atoms with Crippen LogP contribution in [0.1, 0.15) is 18.9 Å². The summed E-state index contributed by atoms with van der Waals surface area (Å²) in [4.78, 5) is 14.0. The fraction of sp³-hybridized carbons (Fsp3) is 0.273. The van der Waals surface area contributed by atoms with Crippen LogP contribution in [0.2, 0.25) is 0 Å². The van der Waals surface area contributed by atoms with Gasteiger partial charge in [-0.2, -0.15) is 4.39 Å². The SMILES string of the molecule is CCOC(=O)CC#Cc1cnc(F)c(F)c1. The summed E-state index contributed by atoms with van der Waals surface area (Å²) in [6, 6.07) is 0.917. The maximum absolute atomic E-state index is 12.7. The zero-order chi connectivity index (χ0) is 12.0. The largest absolute Gasteiger partial charge is 0.465 e. The summed E-state index contributed by atoms with van der Waals surface area (Å²) in [5.74, 6) is 2.27. The van der Waals surface area contributed by atoms with E-state index in [9.17, 15) is 13.6 Å². The molecule has 5 heteroatoms. The van der Waals surface area contributed by atoms with Crippen LogP contribution >= 0.6 is 0 Å². The molecule has 0 spiro atoms. The van der Waals surface area contributed by atoms with Gasteiger partial charge in [0, 0.05) is 11.8 Å². The number of halogens is 2. The lowest BCUT2D eigenvalue weighted by Crippen LogP contribution is -2.01. The first-order valence-electron chi connectivity index (χ1n) is 4.59. The molecule has 0 saturated carbocycles. The van der Waals surface area contributed by atoms with Crippen molar-refractivity contribution in [2.24, 2.45) is 0 Å². The Morgan fingerprint density at radius 3 is 2.94 bits per heavy atom. The van der Waals surface area contributed by atoms with Gasteiger partial charge < -0.3 is 4.74 Å². The summed E-state index contributed by atoms with van der Waals surface area (Å²) >= 11 is 0. The fourth-order valence-electron chi connectivity index (χ4n) is 0.920. The van der Waals surface area contributed by atoms with Gasteiger partial charge in [0.15, 0.2) is 5.82 Å². The zero-order valence-corrected chi connectivity index (χ0v) is 8.59. The molecule has 0 amide bonds. The van der Waals surface area contributed by atoms with Gasteiger partial charge >= 0.3 is 5.97 Å². The smallest absolute Gasteiger partial charge is 0.317 e. The topological polar surface area (TPSA) is 39.2 Å². The highest BCUT2D eigenvalue weighted by Gasteiger charge is 2.02. The van der Waals surface area contributed by atoms with E-state index in [-0.39, 0.29) is 18.6 Å². The monoisotopic (exact) mass is 225 g/mol. The summed E-state index contributed by atoms with van der Waals surface area (Å²) < 4.78 is 29.8. The minimum absolute atomic E-state index is 0.0904. The summed E-state index contributed by atoms with van der Waals surface area (Å²) in [6.07, 6.45) is 1.00. The predicted octanol–water partition coefficient (Wildman–Crippen LogP) is 1.66. The Morgan fingerprint density at radius 2 is 2.31 bits per heavy atom. The molecule has 1 rings (SSSR count). The Morgan fingerprint density at radius 1 is 1.56 bits per heavy atom. The third kappa shape index (κ3) is 3.65. The van der Waals surface area contributed by atoms with Gasteiger partial charge in [-0.3, -0.25) is 4.79 Å². The van der Waals surface area contributed by atoms with Gasteiger partial charge in [0.2, 0.25) is 5.95 Å². The Bertz CT molecular complexity index is 449. The van der Waals surface area contributed by atoms with E-state index in [4.69, 9.17) is 0 Å². The van der Waals surface area contributed by atoms with Gasteiger partial charge in [-0.15, -0.1) is 0 Å². The molecule has 0 saturated heterocycles. The molecule has 1 aromatic heterocycles. The molecule has 16 heavy (non-hydrogen) atoms. The minimum Gasteiger partial charge on any atom is -0.465 e. The van der Waals surface area contributed by atoms with Crippen LogP contribution in [0.25, 0.3) is 0 Å². The quantitative estimate of drug-likeness (QED) is 0.436. The third-order valence-electron chi connectivity index (χ3n) is 1.57. The lowest BCUT2D eigenvalue weighted by molar-refractivity contribution is -0.141. The number of nitrogens with zero attached hydrogens (tertiary/aromatic N) is 1. The van der Waals surface area contributed by atoms with Crippen molar-refractivity contribution >= 4 is 5.97 Å². The van der Waals surface area contributed by atoms with E-state index in [2.05, 4.69) is 21.6 Å². The zero-order valence-electron chi connectivity index (χ0n) is 8.59. The second kappa shape index (κ2) is 5.81. The Labute approximate surface area is 91.4 Å². The predicted molar refractivity (Wildman–Crippen MR) is 52.3 cm³/mol. The lowest BCUT2D eigenvalue weighted by atomic mass is 10.2. The molecule has 0 aliphatic carbocycles. The van der Waals surface area contributed by atoms with E-state index in [1.165, 1.54) is 0 Å². The van der Waals surface area contributed by atoms with Crippen LogP contribution in [0.4, 0.5) is 8.78 Å². The van der Waals surface area contributed by atoms with Crippen molar-refractivity contribution in [3.05, 3.63) is 29.6 Å². The molecular weight excluding hydrogens is 216 g/mol. The highest BCUT2D eigenvalue weighted by atomic mass is 19.2. The maximum Gasteiger partial charge on any atom is 0.317 e. The first-order chi connectivity index (χ1) is 7.63. The average molecular weight is 225 g/mol. The van der Waals surface area contributed by atoms with Gasteiger partial charge in [-0.1, -0.05) is 11.8 Å². The molecule has 0 aliphatic rings. The van der Waals surface area contributed by atoms with E-state index in [0.29, 0.717) is 0 Å². The molecular formula is C11H9F2NO2. The van der Waals surface area contributed by atoms with Crippen molar-refractivity contribution in [2.45, 2.75) is 13.3 Å². The molecule has 3 nitrogen and oxygen atoms in total. The number of carbonyl (C=O) groups excluding carboxylic acids is 1. The molecule has 0 N–H and O–H groups in total. The molecule has 0 aliphatic heterocycles. The lowest BCUT2D eigenvalue weighted by Gasteiger charge is -1.95. The van der Waals surface area contributed by atoms with Gasteiger partial charge in [0.25, 0.3) is 0 Å². The van der Waals surface area contributed by atoms with Crippen molar-refractivity contribution in [2.75, 3.05) is 6.61 Å². The number of hydrogen-bond acceptors (Lipinski definition) is 3. The van der Waals surface area contributed by atoms with Crippen LogP contribution in [0.3, 0.4) is 0 Å². The number of carbonyl (C=O) groups is 1. The second-order valence-corrected chi connectivity index (χ2v) is 2.78. The van der Waals surface area contributed by atoms with Crippen LogP contribution in [-0.2, 0) is 9.53 Å². The normalized spacial score (nSPS) is 9.19. The number of ether oxygens (including phenoxy) is 1. The van der Waals surface area contributed by atoms with Crippen molar-refractivity contribution in [3.63, 3.8) is 0 Å². The molecule has 0 unspecified atom stereocenters. The average Bonchev–Trinajstić information content (AvgIpc) is 2.24. The summed E-state index contributed by atoms with van der Waals surface area (Å²) in [5, 5.41) is 0. The number of aromatic nitrogens is 1. The van der Waals surface area contributed by atoms with Crippen LogP contribution in [0.15, 0.2) is 12.3 Å². The van der Waals surface area contributed by atoms with Gasteiger partial charge in [0.05, 0.1) is 6.61 Å². The Kier molecular flexibility index (Phi) is 4.40. The highest BCUT2D eigenvalue weighted by molar-refractivity contribution is 5.72. The molecule has 0 fully saturated rings. The first kappa shape index (κ1) is 12.1. The number of pyridine rings is 1. The van der Waals surface area contributed by atoms with Crippen LogP contribution in [0, 0.1) is 23.6 Å². The maximum atomic E-state index is 12.7. The number of rotatable bonds is 2. The summed E-state index contributed by atoms with van der Waals surface area (Å²) in [5.41, 5.74) is 0.211. The van der Waals surface area contributed by atoms with E-state index >= 15 is 0 Å². The molecule has 0 aromatic carbocycles. The fourth-order valence-corrected chi connectivity index (χ4v) is 0.920. The third-order valence-corrected chi connectivity index (χ3v) is 1.57. The Balaban J connectivity index is 2.63. The van der Waals surface area contributed by atoms with E-state index < -0.39 is 17.7 Å². The standard InChI is InChI=1S/C11H9F2NO2/c1-2-16-10(15)5-3-4-8-6-9(12)11(13)14-7-8/h6-7H,2,5H2,1H3. The van der Waals surface area contributed by atoms with Crippen LogP contribution < -0.4 is 0 Å². The number of hydrogen-bond donors (Lipinski definition) is 0. The second-order valence-electron chi connectivity index (χ2n) is 2.78. The minimum atomic E-state index is -1.17. The van der Waals surface area contributed by atoms with E-state index in [0.717, 1.165) is 12.3 Å². The van der Waals surface area contributed by atoms with Crippen LogP contribution in [0.5, 0.6) is 0 Å². The van der Waals surface area contributed by atoms with Crippen molar-refractivity contribution in [3.8, 4) is 11.8 Å². The first-order valence-corrected chi connectivity index (χ1v) is 4.59. The van der Waals surface area contributed by atoms with Gasteiger partial charge in [0.1, 0.15) is 6.42 Å². The van der Waals surface area contributed by atoms with Crippen LogP contribution in [-0.4, -0.2) is 17.6 Å². The molecule has 0 bridgehead atoms. The highest BCUT2D eigenvalue weighted by Crippen LogP contribution is 2.03. The molecule has 1 heterocycles.